The molecular weight excluding hydrogens is 362 g/mol. The molecule has 0 spiro atoms. The smallest absolute Gasteiger partial charge is 0.338 e. The number of rotatable bonds is 8. The van der Waals surface area contributed by atoms with Gasteiger partial charge in [-0.1, -0.05) is 72.8 Å². The fraction of sp³-hybridized carbons (Fsp3) is 0.320. The van der Waals surface area contributed by atoms with Crippen molar-refractivity contribution in [1.29, 1.82) is 0 Å². The van der Waals surface area contributed by atoms with Crippen LogP contribution in [0.3, 0.4) is 0 Å². The molecule has 0 bridgehead atoms. The number of aliphatic hydroxyl groups excluding tert-OH is 1. The number of hydrogen-bond acceptors (Lipinski definition) is 4. The monoisotopic (exact) mass is 393 g/mol. The average molecular weight is 394 g/mol. The summed E-state index contributed by atoms with van der Waals surface area (Å²) in [5, 5.41) is 10.8. The number of aliphatic hydroxyl groups is 1. The van der Waals surface area contributed by atoms with Crippen LogP contribution in [-0.2, 0) is 16.1 Å². The highest BCUT2D eigenvalue weighted by Gasteiger charge is 2.31. The predicted molar refractivity (Wildman–Crippen MR) is 118 cm³/mol. The first-order valence-corrected chi connectivity index (χ1v) is 9.87. The molecular formula is C25H31NO3. The fourth-order valence-corrected chi connectivity index (χ4v) is 2.89. The van der Waals surface area contributed by atoms with Crippen LogP contribution in [0.25, 0.3) is 6.08 Å². The summed E-state index contributed by atoms with van der Waals surface area (Å²) in [6.07, 6.45) is 6.25. The summed E-state index contributed by atoms with van der Waals surface area (Å²) in [5.74, 6) is -0.633. The first-order valence-electron chi connectivity index (χ1n) is 9.87. The molecule has 4 heteroatoms. The van der Waals surface area contributed by atoms with Gasteiger partial charge in [-0.3, -0.25) is 0 Å². The summed E-state index contributed by atoms with van der Waals surface area (Å²) >= 11 is 0. The molecule has 4 nitrogen and oxygen atoms in total. The van der Waals surface area contributed by atoms with Crippen LogP contribution in [-0.4, -0.2) is 33.7 Å². The molecule has 1 unspecified atom stereocenters. The molecule has 0 radical (unpaired) electrons. The Morgan fingerprint density at radius 3 is 2.21 bits per heavy atom. The third-order valence-corrected chi connectivity index (χ3v) is 4.21. The van der Waals surface area contributed by atoms with E-state index in [0.29, 0.717) is 6.54 Å². The van der Waals surface area contributed by atoms with Crippen LogP contribution in [0.15, 0.2) is 79.0 Å². The van der Waals surface area contributed by atoms with E-state index in [1.165, 1.54) is 0 Å². The third kappa shape index (κ3) is 7.59. The van der Waals surface area contributed by atoms with Gasteiger partial charge < -0.3 is 14.7 Å². The van der Waals surface area contributed by atoms with Gasteiger partial charge in [0.15, 0.2) is 6.10 Å². The normalized spacial score (nSPS) is 14.1. The van der Waals surface area contributed by atoms with Gasteiger partial charge in [-0.05, 0) is 44.9 Å². The lowest BCUT2D eigenvalue weighted by Gasteiger charge is -2.32. The van der Waals surface area contributed by atoms with Gasteiger partial charge in [0.05, 0.1) is 6.04 Å². The number of allylic oxidation sites excluding steroid dienone is 1. The molecule has 2 rings (SSSR count). The molecule has 0 aliphatic carbocycles. The summed E-state index contributed by atoms with van der Waals surface area (Å²) in [6, 6.07) is 19.3. The maximum absolute atomic E-state index is 12.5. The van der Waals surface area contributed by atoms with Crippen molar-refractivity contribution in [2.75, 3.05) is 0 Å². The Morgan fingerprint density at radius 2 is 1.66 bits per heavy atom. The van der Waals surface area contributed by atoms with Gasteiger partial charge in [0.2, 0.25) is 0 Å². The van der Waals surface area contributed by atoms with Crippen molar-refractivity contribution in [2.45, 2.75) is 52.0 Å². The second kappa shape index (κ2) is 10.6. The zero-order valence-electron chi connectivity index (χ0n) is 17.7. The summed E-state index contributed by atoms with van der Waals surface area (Å²) in [5.41, 5.74) is 1.45. The van der Waals surface area contributed by atoms with Crippen molar-refractivity contribution >= 4 is 12.0 Å². The van der Waals surface area contributed by atoms with Crippen LogP contribution in [0.5, 0.6) is 0 Å². The second-order valence-electron chi connectivity index (χ2n) is 7.88. The Morgan fingerprint density at radius 1 is 1.07 bits per heavy atom. The summed E-state index contributed by atoms with van der Waals surface area (Å²) in [6.45, 7) is 7.79. The van der Waals surface area contributed by atoms with Crippen molar-refractivity contribution in [3.63, 3.8) is 0 Å². The molecule has 2 atom stereocenters. The zero-order valence-corrected chi connectivity index (χ0v) is 17.7. The number of nitrogens with zero attached hydrogens (tertiary/aromatic N) is 1. The predicted octanol–water partition coefficient (Wildman–Crippen LogP) is 4.81. The number of carbonyl (C=O) groups excluding carboxylic acids is 1. The molecule has 0 amide bonds. The Bertz CT molecular complexity index is 807. The minimum Gasteiger partial charge on any atom is -0.458 e. The number of ether oxygens (including phenoxy) is 1. The van der Waals surface area contributed by atoms with Crippen molar-refractivity contribution in [1.82, 2.24) is 4.90 Å². The van der Waals surface area contributed by atoms with Gasteiger partial charge in [-0.2, -0.15) is 0 Å². The van der Waals surface area contributed by atoms with E-state index < -0.39 is 23.7 Å². The highest BCUT2D eigenvalue weighted by molar-refractivity contribution is 5.76. The van der Waals surface area contributed by atoms with Crippen molar-refractivity contribution < 1.29 is 14.6 Å². The molecule has 154 valence electrons. The van der Waals surface area contributed by atoms with Crippen LogP contribution >= 0.6 is 0 Å². The molecule has 2 aromatic rings. The molecule has 0 saturated heterocycles. The molecule has 0 aliphatic rings. The molecule has 0 aromatic heterocycles. The van der Waals surface area contributed by atoms with E-state index in [1.807, 2.05) is 96.9 Å². The zero-order chi connectivity index (χ0) is 21.3. The molecule has 0 aliphatic heterocycles. The number of carbonyl (C=O) groups is 1. The van der Waals surface area contributed by atoms with Crippen LogP contribution in [0.1, 0.15) is 38.8 Å². The van der Waals surface area contributed by atoms with E-state index in [-0.39, 0.29) is 0 Å². The van der Waals surface area contributed by atoms with Crippen molar-refractivity contribution in [3.05, 3.63) is 90.1 Å². The van der Waals surface area contributed by atoms with E-state index in [2.05, 4.69) is 0 Å². The highest BCUT2D eigenvalue weighted by Crippen LogP contribution is 2.18. The first-order chi connectivity index (χ1) is 13.8. The molecule has 0 heterocycles. The van der Waals surface area contributed by atoms with Gasteiger partial charge >= 0.3 is 5.97 Å². The first kappa shape index (κ1) is 22.4. The van der Waals surface area contributed by atoms with Gasteiger partial charge in [0.25, 0.3) is 0 Å². The maximum Gasteiger partial charge on any atom is 0.338 e. The largest absolute Gasteiger partial charge is 0.458 e. The van der Waals surface area contributed by atoms with Gasteiger partial charge in [-0.25, -0.2) is 4.79 Å². The fourth-order valence-electron chi connectivity index (χ4n) is 2.89. The Labute approximate surface area is 174 Å². The quantitative estimate of drug-likeness (QED) is 0.517. The highest BCUT2D eigenvalue weighted by atomic mass is 16.6. The van der Waals surface area contributed by atoms with E-state index >= 15 is 0 Å². The molecule has 0 fully saturated rings. The van der Waals surface area contributed by atoms with Crippen molar-refractivity contribution in [3.8, 4) is 0 Å². The Hall–Kier alpha value is -2.85. The van der Waals surface area contributed by atoms with Crippen LogP contribution in [0, 0.1) is 0 Å². The average Bonchev–Trinajstić information content (AvgIpc) is 2.69. The SMILES string of the molecule is CC=C[C@@H](C(O)C(=O)OC(C)(C)C)N(C=Cc1ccccc1)Cc1ccccc1. The molecule has 29 heavy (non-hydrogen) atoms. The topological polar surface area (TPSA) is 49.8 Å². The van der Waals surface area contributed by atoms with Gasteiger partial charge in [-0.15, -0.1) is 0 Å². The van der Waals surface area contributed by atoms with Crippen LogP contribution < -0.4 is 0 Å². The number of hydrogen-bond donors (Lipinski definition) is 1. The number of benzene rings is 2. The Balaban J connectivity index is 2.33. The number of esters is 1. The van der Waals surface area contributed by atoms with Crippen LogP contribution in [0.2, 0.25) is 0 Å². The third-order valence-electron chi connectivity index (χ3n) is 4.21. The van der Waals surface area contributed by atoms with Gasteiger partial charge in [0, 0.05) is 12.7 Å². The summed E-state index contributed by atoms with van der Waals surface area (Å²) in [4.78, 5) is 14.5. The van der Waals surface area contributed by atoms with E-state index in [4.69, 9.17) is 4.74 Å². The van der Waals surface area contributed by atoms with E-state index in [1.54, 1.807) is 20.8 Å². The van der Waals surface area contributed by atoms with E-state index in [0.717, 1.165) is 11.1 Å². The molecule has 2 aromatic carbocycles. The van der Waals surface area contributed by atoms with Crippen LogP contribution in [0.4, 0.5) is 0 Å². The van der Waals surface area contributed by atoms with Crippen molar-refractivity contribution in [2.24, 2.45) is 0 Å². The summed E-state index contributed by atoms with van der Waals surface area (Å²) in [7, 11) is 0. The lowest BCUT2D eigenvalue weighted by molar-refractivity contribution is -0.167. The standard InChI is InChI=1S/C25H31NO3/c1-5-12-22(23(27)24(28)29-25(2,3)4)26(19-21-15-10-7-11-16-21)18-17-20-13-8-6-9-14-20/h5-18,22-23,27H,19H2,1-4H3/t22-,23?/m0/s1. The Kier molecular flexibility index (Phi) is 8.22. The minimum atomic E-state index is -1.31. The summed E-state index contributed by atoms with van der Waals surface area (Å²) < 4.78 is 5.42. The molecule has 1 N–H and O–H groups in total. The maximum atomic E-state index is 12.5. The van der Waals surface area contributed by atoms with E-state index in [9.17, 15) is 9.90 Å². The lowest BCUT2D eigenvalue weighted by atomic mass is 10.1. The minimum absolute atomic E-state index is 0.541. The molecule has 0 saturated carbocycles. The second-order valence-corrected chi connectivity index (χ2v) is 7.88. The lowest BCUT2D eigenvalue weighted by Crippen LogP contribution is -2.45. The van der Waals surface area contributed by atoms with Gasteiger partial charge in [0.1, 0.15) is 5.60 Å².